The highest BCUT2D eigenvalue weighted by molar-refractivity contribution is 6.31. The van der Waals surface area contributed by atoms with Gasteiger partial charge in [-0.3, -0.25) is 0 Å². The van der Waals surface area contributed by atoms with E-state index in [1.807, 2.05) is 4.90 Å². The predicted molar refractivity (Wildman–Crippen MR) is 105 cm³/mol. The molecule has 146 valence electrons. The van der Waals surface area contributed by atoms with Gasteiger partial charge in [-0.05, 0) is 30.2 Å². The minimum Gasteiger partial charge on any atom is -0.356 e. The van der Waals surface area contributed by atoms with E-state index in [0.29, 0.717) is 29.7 Å². The number of aromatic amines is 1. The molecule has 0 spiro atoms. The number of nitrogens with one attached hydrogen (secondary N) is 1. The monoisotopic (exact) mass is 414 g/mol. The van der Waals surface area contributed by atoms with Crippen molar-refractivity contribution in [3.05, 3.63) is 88.1 Å². The van der Waals surface area contributed by atoms with Gasteiger partial charge in [0.15, 0.2) is 5.82 Å². The Hall–Kier alpha value is -3.06. The predicted octanol–water partition coefficient (Wildman–Crippen LogP) is 5.18. The van der Waals surface area contributed by atoms with Crippen molar-refractivity contribution in [3.63, 3.8) is 0 Å². The summed E-state index contributed by atoms with van der Waals surface area (Å²) in [4.78, 5) is 13.2. The number of halogens is 4. The van der Waals surface area contributed by atoms with Crippen molar-refractivity contribution < 1.29 is 13.2 Å². The van der Waals surface area contributed by atoms with Gasteiger partial charge in [0, 0.05) is 28.7 Å². The Balaban J connectivity index is 1.74. The molecule has 0 bridgehead atoms. The fourth-order valence-electron chi connectivity index (χ4n) is 3.97. The highest BCUT2D eigenvalue weighted by atomic mass is 35.5. The van der Waals surface area contributed by atoms with Crippen LogP contribution in [0.2, 0.25) is 5.02 Å². The number of rotatable bonds is 2. The number of anilines is 1. The third-order valence-corrected chi connectivity index (χ3v) is 5.52. The molecule has 0 radical (unpaired) electrons. The Labute approximate surface area is 169 Å². The topological polar surface area (TPSA) is 44.8 Å². The van der Waals surface area contributed by atoms with Gasteiger partial charge in [-0.15, -0.1) is 0 Å². The van der Waals surface area contributed by atoms with Crippen LogP contribution >= 0.6 is 11.6 Å². The van der Waals surface area contributed by atoms with Gasteiger partial charge in [0.2, 0.25) is 5.95 Å². The molecule has 8 heteroatoms. The lowest BCUT2D eigenvalue weighted by atomic mass is 9.92. The van der Waals surface area contributed by atoms with Gasteiger partial charge in [0.25, 0.3) is 0 Å². The molecule has 0 aliphatic carbocycles. The van der Waals surface area contributed by atoms with Crippen LogP contribution in [-0.4, -0.2) is 21.5 Å². The van der Waals surface area contributed by atoms with Crippen LogP contribution in [0, 0.1) is 17.5 Å². The van der Waals surface area contributed by atoms with E-state index in [-0.39, 0.29) is 16.8 Å². The van der Waals surface area contributed by atoms with Gasteiger partial charge in [0.05, 0.1) is 17.4 Å². The van der Waals surface area contributed by atoms with Gasteiger partial charge >= 0.3 is 0 Å². The van der Waals surface area contributed by atoms with E-state index >= 15 is 0 Å². The first-order valence-electron chi connectivity index (χ1n) is 9.01. The van der Waals surface area contributed by atoms with Crippen molar-refractivity contribution in [3.8, 4) is 0 Å². The number of aromatic nitrogens is 3. The van der Waals surface area contributed by atoms with Crippen LogP contribution in [-0.2, 0) is 6.42 Å². The van der Waals surface area contributed by atoms with E-state index < -0.39 is 17.7 Å². The minimum absolute atomic E-state index is 0.0334. The van der Waals surface area contributed by atoms with Crippen molar-refractivity contribution in [2.24, 2.45) is 0 Å². The van der Waals surface area contributed by atoms with E-state index in [4.69, 9.17) is 11.6 Å². The summed E-state index contributed by atoms with van der Waals surface area (Å²) < 4.78 is 42.1. The highest BCUT2D eigenvalue weighted by Crippen LogP contribution is 2.41. The van der Waals surface area contributed by atoms with Gasteiger partial charge in [-0.1, -0.05) is 29.8 Å². The molecule has 1 atom stereocenters. The second kappa shape index (κ2) is 6.77. The number of fused-ring (bicyclic) bond motifs is 3. The average molecular weight is 415 g/mol. The van der Waals surface area contributed by atoms with Crippen LogP contribution in [0.4, 0.5) is 19.1 Å². The fraction of sp³-hybridized carbons (Fsp3) is 0.143. The summed E-state index contributed by atoms with van der Waals surface area (Å²) >= 11 is 5.99. The Bertz CT molecular complexity index is 1220. The van der Waals surface area contributed by atoms with Crippen LogP contribution in [0.3, 0.4) is 0 Å². The number of benzene rings is 2. The Morgan fingerprint density at radius 1 is 1.03 bits per heavy atom. The summed E-state index contributed by atoms with van der Waals surface area (Å²) in [6.07, 6.45) is 2.75. The summed E-state index contributed by atoms with van der Waals surface area (Å²) in [5, 5.41) is 0.832. The summed E-state index contributed by atoms with van der Waals surface area (Å²) in [5.41, 5.74) is 2.65. The molecule has 3 heterocycles. The fourth-order valence-corrected chi connectivity index (χ4v) is 4.14. The summed E-state index contributed by atoms with van der Waals surface area (Å²) in [5.74, 6) is -1.18. The standard InChI is InChI=1S/C21H14ClF3N4/c22-15-7-14-12-5-6-29(21-26-9-11(23)10-27-21)20(13-3-1-2-4-16(13)24)19(12)28-18(14)8-17(15)25/h1-4,7-10,20,28H,5-6H2. The molecular formula is C21H14ClF3N4. The zero-order valence-corrected chi connectivity index (χ0v) is 15.7. The van der Waals surface area contributed by atoms with E-state index in [0.717, 1.165) is 23.3 Å². The zero-order valence-electron chi connectivity index (χ0n) is 15.0. The molecular weight excluding hydrogens is 401 g/mol. The van der Waals surface area contributed by atoms with Crippen molar-refractivity contribution in [1.29, 1.82) is 0 Å². The van der Waals surface area contributed by atoms with E-state index in [1.54, 1.807) is 24.3 Å². The third-order valence-electron chi connectivity index (χ3n) is 5.23. The summed E-state index contributed by atoms with van der Waals surface area (Å²) in [6, 6.07) is 8.77. The molecule has 5 rings (SSSR count). The first-order chi connectivity index (χ1) is 14.0. The average Bonchev–Trinajstić information content (AvgIpc) is 3.06. The second-order valence-corrected chi connectivity index (χ2v) is 7.31. The van der Waals surface area contributed by atoms with Gasteiger partial charge < -0.3 is 9.88 Å². The van der Waals surface area contributed by atoms with Gasteiger partial charge in [-0.2, -0.15) is 0 Å². The molecule has 1 N–H and O–H groups in total. The maximum absolute atomic E-state index is 14.8. The first kappa shape index (κ1) is 18.0. The second-order valence-electron chi connectivity index (χ2n) is 6.90. The SMILES string of the molecule is Fc1cnc(N2CCc3c([nH]c4cc(F)c(Cl)cc34)C2c2ccccc2F)nc1. The van der Waals surface area contributed by atoms with Crippen molar-refractivity contribution in [2.75, 3.05) is 11.4 Å². The van der Waals surface area contributed by atoms with Crippen LogP contribution in [0.15, 0.2) is 48.8 Å². The van der Waals surface area contributed by atoms with Crippen LogP contribution in [0.5, 0.6) is 0 Å². The molecule has 4 nitrogen and oxygen atoms in total. The molecule has 2 aromatic carbocycles. The molecule has 29 heavy (non-hydrogen) atoms. The van der Waals surface area contributed by atoms with Crippen molar-refractivity contribution >= 4 is 28.5 Å². The van der Waals surface area contributed by atoms with E-state index in [9.17, 15) is 13.2 Å². The molecule has 0 fully saturated rings. The maximum atomic E-state index is 14.8. The molecule has 0 saturated carbocycles. The number of nitrogens with zero attached hydrogens (tertiary/aromatic N) is 3. The Kier molecular flexibility index (Phi) is 4.20. The third kappa shape index (κ3) is 2.93. The van der Waals surface area contributed by atoms with Gasteiger partial charge in [-0.25, -0.2) is 23.1 Å². The maximum Gasteiger partial charge on any atom is 0.226 e. The lowest BCUT2D eigenvalue weighted by Gasteiger charge is -2.36. The number of H-pyrrole nitrogens is 1. The van der Waals surface area contributed by atoms with Crippen LogP contribution < -0.4 is 4.90 Å². The largest absolute Gasteiger partial charge is 0.356 e. The molecule has 1 unspecified atom stereocenters. The lowest BCUT2D eigenvalue weighted by Crippen LogP contribution is -2.37. The van der Waals surface area contributed by atoms with E-state index in [2.05, 4.69) is 15.0 Å². The Morgan fingerprint density at radius 2 is 1.79 bits per heavy atom. The lowest BCUT2D eigenvalue weighted by molar-refractivity contribution is 0.558. The normalized spacial score (nSPS) is 16.3. The minimum atomic E-state index is -0.584. The van der Waals surface area contributed by atoms with E-state index in [1.165, 1.54) is 12.1 Å². The number of hydrogen-bond donors (Lipinski definition) is 1. The van der Waals surface area contributed by atoms with Crippen LogP contribution in [0.1, 0.15) is 22.9 Å². The molecule has 1 aliphatic rings. The molecule has 1 aliphatic heterocycles. The molecule has 2 aromatic heterocycles. The summed E-state index contributed by atoms with van der Waals surface area (Å²) in [6.45, 7) is 0.472. The quantitative estimate of drug-likeness (QED) is 0.491. The molecule has 0 amide bonds. The smallest absolute Gasteiger partial charge is 0.226 e. The molecule has 4 aromatic rings. The molecule has 0 saturated heterocycles. The zero-order chi connectivity index (χ0) is 20.1. The van der Waals surface area contributed by atoms with Crippen LogP contribution in [0.25, 0.3) is 10.9 Å². The number of hydrogen-bond acceptors (Lipinski definition) is 3. The highest BCUT2D eigenvalue weighted by Gasteiger charge is 2.35. The van der Waals surface area contributed by atoms with Gasteiger partial charge in [0.1, 0.15) is 17.7 Å². The summed E-state index contributed by atoms with van der Waals surface area (Å²) in [7, 11) is 0. The van der Waals surface area contributed by atoms with Crippen molar-refractivity contribution in [1.82, 2.24) is 15.0 Å². The Morgan fingerprint density at radius 3 is 2.55 bits per heavy atom. The first-order valence-corrected chi connectivity index (χ1v) is 9.39. The van der Waals surface area contributed by atoms with Crippen molar-refractivity contribution in [2.45, 2.75) is 12.5 Å².